The van der Waals surface area contributed by atoms with Crippen LogP contribution in [-0.2, 0) is 29.3 Å². The quantitative estimate of drug-likeness (QED) is 0.235. The summed E-state index contributed by atoms with van der Waals surface area (Å²) in [5.41, 5.74) is 0. The molecule has 0 aromatic heterocycles. The minimum absolute atomic E-state index is 0. The van der Waals surface area contributed by atoms with Gasteiger partial charge in [0.1, 0.15) is 9.84 Å². The fourth-order valence-electron chi connectivity index (χ4n) is 2.46. The van der Waals surface area contributed by atoms with E-state index in [-0.39, 0.29) is 25.5 Å². The van der Waals surface area contributed by atoms with Crippen LogP contribution < -0.4 is 0 Å². The Hall–Kier alpha value is -1.68. The smallest absolute Gasteiger partial charge is 0.307 e. The predicted octanol–water partition coefficient (Wildman–Crippen LogP) is 4.76. The standard InChI is InChI=1S/C12H24O6S2.C6H12.C4H6O2.CH4/c1-4-5-6-10(2)8-20(17,18)11(7-12(13)14)9-19(3,15)16;1-3-5-6-4-2;1-2-3-4(5)6;/h10-11H,4-9H2,1-3H3,(H,13,14);3H,1,4-6H2,2H3;2H,1,3H2,(H,5,6);1H4. The molecular formula is C23H46O8S2. The number of carboxylic acid groups (broad SMARTS) is 2. The summed E-state index contributed by atoms with van der Waals surface area (Å²) in [7, 11) is -7.29. The van der Waals surface area contributed by atoms with Crippen LogP contribution in [0.3, 0.4) is 0 Å². The van der Waals surface area contributed by atoms with E-state index in [1.807, 2.05) is 13.0 Å². The molecule has 0 heterocycles. The Bertz CT molecular complexity index is 740. The first-order valence-electron chi connectivity index (χ1n) is 10.7. The van der Waals surface area contributed by atoms with E-state index >= 15 is 0 Å². The Kier molecular flexibility index (Phi) is 25.9. The van der Waals surface area contributed by atoms with Gasteiger partial charge in [-0.2, -0.15) is 0 Å². The number of allylic oxidation sites excluding steroid dienone is 1. The summed E-state index contributed by atoms with van der Waals surface area (Å²) in [6.45, 7) is 12.8. The molecule has 8 nitrogen and oxygen atoms in total. The molecule has 0 radical (unpaired) electrons. The number of aliphatic carboxylic acids is 2. The molecule has 0 aliphatic heterocycles. The number of carbonyl (C=O) groups is 2. The third-order valence-electron chi connectivity index (χ3n) is 4.05. The van der Waals surface area contributed by atoms with Crippen molar-refractivity contribution < 1.29 is 36.6 Å². The number of carboxylic acids is 2. The largest absolute Gasteiger partial charge is 0.481 e. The van der Waals surface area contributed by atoms with Gasteiger partial charge in [0.2, 0.25) is 0 Å². The highest BCUT2D eigenvalue weighted by atomic mass is 32.2. The van der Waals surface area contributed by atoms with E-state index in [1.54, 1.807) is 6.92 Å². The van der Waals surface area contributed by atoms with Crippen LogP contribution in [0.4, 0.5) is 0 Å². The first-order valence-corrected chi connectivity index (χ1v) is 14.5. The molecule has 0 aliphatic carbocycles. The first-order chi connectivity index (χ1) is 14.7. The fraction of sp³-hybridized carbons (Fsp3) is 0.739. The van der Waals surface area contributed by atoms with Crippen molar-refractivity contribution >= 4 is 31.6 Å². The maximum Gasteiger partial charge on any atom is 0.307 e. The topological polar surface area (TPSA) is 143 Å². The normalized spacial score (nSPS) is 12.4. The van der Waals surface area contributed by atoms with E-state index in [4.69, 9.17) is 10.2 Å². The summed E-state index contributed by atoms with van der Waals surface area (Å²) in [6.07, 6.45) is 9.94. The zero-order valence-corrected chi connectivity index (χ0v) is 21.6. The molecule has 2 atom stereocenters. The van der Waals surface area contributed by atoms with E-state index in [9.17, 15) is 26.4 Å². The maximum absolute atomic E-state index is 12.2. The van der Waals surface area contributed by atoms with Gasteiger partial charge in [0, 0.05) is 6.26 Å². The molecule has 33 heavy (non-hydrogen) atoms. The van der Waals surface area contributed by atoms with Gasteiger partial charge in [0.15, 0.2) is 9.84 Å². The van der Waals surface area contributed by atoms with E-state index in [0.29, 0.717) is 0 Å². The molecule has 0 spiro atoms. The van der Waals surface area contributed by atoms with Gasteiger partial charge in [0.25, 0.3) is 0 Å². The van der Waals surface area contributed by atoms with Crippen LogP contribution in [0.2, 0.25) is 0 Å². The lowest BCUT2D eigenvalue weighted by Crippen LogP contribution is -2.34. The molecule has 2 N–H and O–H groups in total. The number of rotatable bonds is 15. The third-order valence-corrected chi connectivity index (χ3v) is 7.65. The molecule has 2 unspecified atom stereocenters. The summed E-state index contributed by atoms with van der Waals surface area (Å²) in [4.78, 5) is 20.3. The Morgan fingerprint density at radius 1 is 0.909 bits per heavy atom. The molecule has 0 amide bonds. The van der Waals surface area contributed by atoms with Gasteiger partial charge in [-0.3, -0.25) is 9.59 Å². The molecule has 0 saturated carbocycles. The van der Waals surface area contributed by atoms with Crippen LogP contribution in [0.5, 0.6) is 0 Å². The molecule has 10 heteroatoms. The lowest BCUT2D eigenvalue weighted by molar-refractivity contribution is -0.137. The first kappa shape index (κ1) is 38.6. The summed E-state index contributed by atoms with van der Waals surface area (Å²) in [5, 5.41) is 15.2. The van der Waals surface area contributed by atoms with Gasteiger partial charge in [-0.05, 0) is 18.8 Å². The number of sulfone groups is 2. The molecule has 0 saturated heterocycles. The summed E-state index contributed by atoms with van der Waals surface area (Å²) in [6, 6.07) is 0. The average Bonchev–Trinajstić information content (AvgIpc) is 2.63. The second-order valence-electron chi connectivity index (χ2n) is 7.71. The molecule has 0 aromatic carbocycles. The Morgan fingerprint density at radius 3 is 1.70 bits per heavy atom. The van der Waals surface area contributed by atoms with Crippen molar-refractivity contribution in [3.8, 4) is 0 Å². The molecule has 0 rings (SSSR count). The second-order valence-corrected chi connectivity index (χ2v) is 12.2. The van der Waals surface area contributed by atoms with Crippen LogP contribution in [0.15, 0.2) is 25.3 Å². The highest BCUT2D eigenvalue weighted by Gasteiger charge is 2.32. The van der Waals surface area contributed by atoms with E-state index < -0.39 is 49.0 Å². The highest BCUT2D eigenvalue weighted by molar-refractivity contribution is 7.95. The average molecular weight is 515 g/mol. The Balaban J connectivity index is -0.000000266. The van der Waals surface area contributed by atoms with Gasteiger partial charge < -0.3 is 10.2 Å². The minimum atomic E-state index is -3.74. The number of unbranched alkanes of at least 4 members (excludes halogenated alkanes) is 3. The molecular weight excluding hydrogens is 468 g/mol. The summed E-state index contributed by atoms with van der Waals surface area (Å²) < 4.78 is 46.9. The molecule has 0 aliphatic rings. The Morgan fingerprint density at radius 2 is 1.42 bits per heavy atom. The van der Waals surface area contributed by atoms with Crippen molar-refractivity contribution in [3.63, 3.8) is 0 Å². The highest BCUT2D eigenvalue weighted by Crippen LogP contribution is 2.17. The SMILES string of the molecule is C.C=CCC(=O)O.C=CCCCC.CCCCC(C)CS(=O)(=O)C(CC(=O)O)CS(C)(=O)=O. The van der Waals surface area contributed by atoms with Crippen molar-refractivity contribution in [3.05, 3.63) is 25.3 Å². The van der Waals surface area contributed by atoms with Crippen molar-refractivity contribution in [2.45, 2.75) is 84.8 Å². The van der Waals surface area contributed by atoms with E-state index in [1.165, 1.54) is 25.3 Å². The van der Waals surface area contributed by atoms with Gasteiger partial charge in [-0.15, -0.1) is 13.2 Å². The lowest BCUT2D eigenvalue weighted by atomic mass is 10.1. The van der Waals surface area contributed by atoms with Gasteiger partial charge in [-0.25, -0.2) is 16.8 Å². The van der Waals surface area contributed by atoms with Crippen molar-refractivity contribution in [2.24, 2.45) is 5.92 Å². The third kappa shape index (κ3) is 30.3. The molecule has 0 fully saturated rings. The maximum atomic E-state index is 12.2. The van der Waals surface area contributed by atoms with Crippen LogP contribution in [0.25, 0.3) is 0 Å². The lowest BCUT2D eigenvalue weighted by Gasteiger charge is -2.18. The van der Waals surface area contributed by atoms with Crippen LogP contribution in [0, 0.1) is 5.92 Å². The predicted molar refractivity (Wildman–Crippen MR) is 137 cm³/mol. The van der Waals surface area contributed by atoms with E-state index in [2.05, 4.69) is 20.1 Å². The van der Waals surface area contributed by atoms with Gasteiger partial charge in [-0.1, -0.05) is 66.0 Å². The second kappa shape index (κ2) is 22.1. The van der Waals surface area contributed by atoms with Crippen LogP contribution >= 0.6 is 0 Å². The zero-order chi connectivity index (χ0) is 25.8. The van der Waals surface area contributed by atoms with Crippen molar-refractivity contribution in [2.75, 3.05) is 17.8 Å². The number of hydrogen-bond donors (Lipinski definition) is 2. The van der Waals surface area contributed by atoms with Crippen LogP contribution in [0.1, 0.15) is 79.6 Å². The van der Waals surface area contributed by atoms with Crippen LogP contribution in [-0.4, -0.2) is 62.0 Å². The minimum Gasteiger partial charge on any atom is -0.481 e. The monoisotopic (exact) mass is 514 g/mol. The fourth-order valence-corrected chi connectivity index (χ4v) is 6.46. The van der Waals surface area contributed by atoms with Crippen molar-refractivity contribution in [1.82, 2.24) is 0 Å². The summed E-state index contributed by atoms with van der Waals surface area (Å²) in [5.74, 6) is -3.04. The number of hydrogen-bond acceptors (Lipinski definition) is 6. The van der Waals surface area contributed by atoms with Gasteiger partial charge >= 0.3 is 11.9 Å². The molecule has 198 valence electrons. The van der Waals surface area contributed by atoms with Gasteiger partial charge in [0.05, 0.1) is 29.6 Å². The van der Waals surface area contributed by atoms with Crippen molar-refractivity contribution in [1.29, 1.82) is 0 Å². The zero-order valence-electron chi connectivity index (χ0n) is 20.0. The Labute approximate surface area is 202 Å². The molecule has 0 bridgehead atoms. The summed E-state index contributed by atoms with van der Waals surface area (Å²) >= 11 is 0. The molecule has 0 aromatic rings. The van der Waals surface area contributed by atoms with E-state index in [0.717, 1.165) is 25.5 Å².